The average molecular weight is 329 g/mol. The van der Waals surface area contributed by atoms with Crippen molar-refractivity contribution in [3.63, 3.8) is 0 Å². The SMILES string of the molecule is C[C@H](NC(=O)CC1CCCCC1)C(=O)Nc1ccnc2ccnn12. The summed E-state index contributed by atoms with van der Waals surface area (Å²) in [4.78, 5) is 28.6. The third-order valence-electron chi connectivity index (χ3n) is 4.51. The highest BCUT2D eigenvalue weighted by Gasteiger charge is 2.21. The van der Waals surface area contributed by atoms with Gasteiger partial charge in [0.15, 0.2) is 5.65 Å². The largest absolute Gasteiger partial charge is 0.345 e. The second-order valence-corrected chi connectivity index (χ2v) is 6.42. The van der Waals surface area contributed by atoms with E-state index >= 15 is 0 Å². The number of nitrogens with one attached hydrogen (secondary N) is 2. The van der Waals surface area contributed by atoms with Gasteiger partial charge < -0.3 is 10.6 Å². The highest BCUT2D eigenvalue weighted by Crippen LogP contribution is 2.26. The quantitative estimate of drug-likeness (QED) is 0.879. The topological polar surface area (TPSA) is 88.4 Å². The fourth-order valence-corrected chi connectivity index (χ4v) is 3.18. The second-order valence-electron chi connectivity index (χ2n) is 6.42. The highest BCUT2D eigenvalue weighted by molar-refractivity contribution is 5.96. The van der Waals surface area contributed by atoms with Gasteiger partial charge in [0.05, 0.1) is 6.20 Å². The molecule has 0 aliphatic heterocycles. The van der Waals surface area contributed by atoms with Crippen molar-refractivity contribution in [1.82, 2.24) is 19.9 Å². The number of aromatic nitrogens is 3. The molecular formula is C17H23N5O2. The van der Waals surface area contributed by atoms with Crippen LogP contribution in [0.25, 0.3) is 5.65 Å². The summed E-state index contributed by atoms with van der Waals surface area (Å²) in [5.41, 5.74) is 0.654. The third kappa shape index (κ3) is 3.90. The normalized spacial score (nSPS) is 16.7. The molecule has 0 saturated heterocycles. The van der Waals surface area contributed by atoms with Crippen molar-refractivity contribution in [3.05, 3.63) is 24.5 Å². The van der Waals surface area contributed by atoms with Crippen molar-refractivity contribution in [2.45, 2.75) is 51.5 Å². The predicted octanol–water partition coefficient (Wildman–Crippen LogP) is 2.14. The fraction of sp³-hybridized carbons (Fsp3) is 0.529. The molecule has 2 heterocycles. The first-order valence-corrected chi connectivity index (χ1v) is 8.52. The first-order chi connectivity index (χ1) is 11.6. The van der Waals surface area contributed by atoms with Crippen LogP contribution >= 0.6 is 0 Å². The van der Waals surface area contributed by atoms with Crippen LogP contribution in [0.1, 0.15) is 45.4 Å². The summed E-state index contributed by atoms with van der Waals surface area (Å²) in [5, 5.41) is 9.70. The molecule has 0 unspecified atom stereocenters. The van der Waals surface area contributed by atoms with Gasteiger partial charge >= 0.3 is 0 Å². The standard InChI is InChI=1S/C17H23N5O2/c1-12(20-16(23)11-13-5-3-2-4-6-13)17(24)21-15-7-9-18-14-8-10-19-22(14)15/h7-10,12-13H,2-6,11H2,1H3,(H,20,23)(H,21,24)/t12-/m0/s1. The molecule has 1 aliphatic carbocycles. The maximum atomic E-state index is 12.3. The lowest BCUT2D eigenvalue weighted by atomic mass is 9.87. The smallest absolute Gasteiger partial charge is 0.247 e. The number of amides is 2. The number of anilines is 1. The van der Waals surface area contributed by atoms with Gasteiger partial charge in [0.1, 0.15) is 11.9 Å². The Morgan fingerprint density at radius 3 is 2.83 bits per heavy atom. The lowest BCUT2D eigenvalue weighted by Gasteiger charge is -2.22. The van der Waals surface area contributed by atoms with Crippen molar-refractivity contribution >= 4 is 23.3 Å². The molecule has 1 aliphatic rings. The summed E-state index contributed by atoms with van der Waals surface area (Å²) in [5.74, 6) is 0.666. The summed E-state index contributed by atoms with van der Waals surface area (Å²) in [7, 11) is 0. The molecule has 1 fully saturated rings. The maximum Gasteiger partial charge on any atom is 0.247 e. The van der Waals surface area contributed by atoms with E-state index in [9.17, 15) is 9.59 Å². The second kappa shape index (κ2) is 7.42. The molecular weight excluding hydrogens is 306 g/mol. The number of hydrogen-bond donors (Lipinski definition) is 2. The van der Waals surface area contributed by atoms with Gasteiger partial charge in [-0.15, -0.1) is 0 Å². The zero-order chi connectivity index (χ0) is 16.9. The van der Waals surface area contributed by atoms with Crippen LogP contribution in [-0.2, 0) is 9.59 Å². The summed E-state index contributed by atoms with van der Waals surface area (Å²) in [6.45, 7) is 1.69. The van der Waals surface area contributed by atoms with E-state index in [4.69, 9.17) is 0 Å². The summed E-state index contributed by atoms with van der Waals surface area (Å²) < 4.78 is 1.55. The summed E-state index contributed by atoms with van der Waals surface area (Å²) >= 11 is 0. The van der Waals surface area contributed by atoms with Gasteiger partial charge in [0, 0.05) is 18.7 Å². The molecule has 2 aromatic heterocycles. The summed E-state index contributed by atoms with van der Waals surface area (Å²) in [6, 6.07) is 2.83. The maximum absolute atomic E-state index is 12.3. The Hall–Kier alpha value is -2.44. The van der Waals surface area contributed by atoms with E-state index in [1.807, 2.05) is 0 Å². The minimum Gasteiger partial charge on any atom is -0.345 e. The Balaban J connectivity index is 1.54. The molecule has 0 bridgehead atoms. The summed E-state index contributed by atoms with van der Waals surface area (Å²) in [6.07, 6.45) is 9.64. The number of carbonyl (C=O) groups is 2. The molecule has 1 saturated carbocycles. The molecule has 1 atom stereocenters. The average Bonchev–Trinajstić information content (AvgIpc) is 3.05. The number of fused-ring (bicyclic) bond motifs is 1. The zero-order valence-electron chi connectivity index (χ0n) is 13.9. The molecule has 0 radical (unpaired) electrons. The van der Waals surface area contributed by atoms with Crippen molar-refractivity contribution < 1.29 is 9.59 Å². The van der Waals surface area contributed by atoms with E-state index in [1.54, 1.807) is 36.0 Å². The van der Waals surface area contributed by atoms with E-state index in [0.29, 0.717) is 23.8 Å². The van der Waals surface area contributed by atoms with Gasteiger partial charge in [-0.2, -0.15) is 9.61 Å². The van der Waals surface area contributed by atoms with Crippen LogP contribution in [0.2, 0.25) is 0 Å². The van der Waals surface area contributed by atoms with Gasteiger partial charge in [-0.05, 0) is 31.7 Å². The van der Waals surface area contributed by atoms with Crippen LogP contribution in [0.15, 0.2) is 24.5 Å². The molecule has 2 N–H and O–H groups in total. The van der Waals surface area contributed by atoms with Crippen molar-refractivity contribution in [3.8, 4) is 0 Å². The zero-order valence-corrected chi connectivity index (χ0v) is 13.9. The molecule has 24 heavy (non-hydrogen) atoms. The number of hydrogen-bond acceptors (Lipinski definition) is 4. The van der Waals surface area contributed by atoms with Gasteiger partial charge in [-0.25, -0.2) is 4.98 Å². The van der Waals surface area contributed by atoms with Crippen molar-refractivity contribution in [2.75, 3.05) is 5.32 Å². The van der Waals surface area contributed by atoms with Crippen LogP contribution < -0.4 is 10.6 Å². The van der Waals surface area contributed by atoms with E-state index < -0.39 is 6.04 Å². The van der Waals surface area contributed by atoms with E-state index in [2.05, 4.69) is 20.7 Å². The third-order valence-corrected chi connectivity index (χ3v) is 4.51. The van der Waals surface area contributed by atoms with Crippen LogP contribution in [0, 0.1) is 5.92 Å². The minimum atomic E-state index is -0.597. The van der Waals surface area contributed by atoms with Crippen LogP contribution in [-0.4, -0.2) is 32.5 Å². The van der Waals surface area contributed by atoms with Crippen LogP contribution in [0.5, 0.6) is 0 Å². The van der Waals surface area contributed by atoms with Gasteiger partial charge in [0.25, 0.3) is 0 Å². The Morgan fingerprint density at radius 2 is 2.04 bits per heavy atom. The Labute approximate surface area is 140 Å². The number of rotatable bonds is 5. The Morgan fingerprint density at radius 1 is 1.25 bits per heavy atom. The molecule has 7 heteroatoms. The molecule has 0 spiro atoms. The molecule has 2 aromatic rings. The molecule has 7 nitrogen and oxygen atoms in total. The molecule has 128 valence electrons. The monoisotopic (exact) mass is 329 g/mol. The van der Waals surface area contributed by atoms with Crippen molar-refractivity contribution in [1.29, 1.82) is 0 Å². The van der Waals surface area contributed by atoms with Crippen LogP contribution in [0.3, 0.4) is 0 Å². The first-order valence-electron chi connectivity index (χ1n) is 8.52. The van der Waals surface area contributed by atoms with Crippen molar-refractivity contribution in [2.24, 2.45) is 5.92 Å². The fourth-order valence-electron chi connectivity index (χ4n) is 3.18. The Kier molecular flexibility index (Phi) is 5.08. The Bertz CT molecular complexity index is 721. The predicted molar refractivity (Wildman–Crippen MR) is 90.4 cm³/mol. The van der Waals surface area contributed by atoms with E-state index in [0.717, 1.165) is 12.8 Å². The number of carbonyl (C=O) groups excluding carboxylic acids is 2. The minimum absolute atomic E-state index is 0.0523. The lowest BCUT2D eigenvalue weighted by Crippen LogP contribution is -2.42. The van der Waals surface area contributed by atoms with E-state index in [-0.39, 0.29) is 11.8 Å². The molecule has 0 aromatic carbocycles. The van der Waals surface area contributed by atoms with Gasteiger partial charge in [0.2, 0.25) is 11.8 Å². The molecule has 2 amide bonds. The molecule has 3 rings (SSSR count). The van der Waals surface area contributed by atoms with Gasteiger partial charge in [-0.1, -0.05) is 19.3 Å². The van der Waals surface area contributed by atoms with Gasteiger partial charge in [-0.3, -0.25) is 9.59 Å². The highest BCUT2D eigenvalue weighted by atomic mass is 16.2. The first kappa shape index (κ1) is 16.4. The number of nitrogens with zero attached hydrogens (tertiary/aromatic N) is 3. The van der Waals surface area contributed by atoms with E-state index in [1.165, 1.54) is 19.3 Å². The lowest BCUT2D eigenvalue weighted by molar-refractivity contribution is -0.127. The van der Waals surface area contributed by atoms with Crippen LogP contribution in [0.4, 0.5) is 5.82 Å².